The summed E-state index contributed by atoms with van der Waals surface area (Å²) in [5.41, 5.74) is 0.404. The number of aromatic nitrogens is 1. The Morgan fingerprint density at radius 2 is 2.08 bits per heavy atom. The summed E-state index contributed by atoms with van der Waals surface area (Å²) in [6, 6.07) is 9.88. The lowest BCUT2D eigenvalue weighted by Crippen LogP contribution is -2.34. The van der Waals surface area contributed by atoms with E-state index in [1.165, 1.54) is 25.4 Å². The molecular formula is C16H18N4O4. The van der Waals surface area contributed by atoms with Gasteiger partial charge in [-0.15, -0.1) is 0 Å². The molecule has 0 unspecified atom stereocenters. The molecule has 0 aliphatic heterocycles. The van der Waals surface area contributed by atoms with Gasteiger partial charge in [0, 0.05) is 18.8 Å². The molecule has 8 nitrogen and oxygen atoms in total. The summed E-state index contributed by atoms with van der Waals surface area (Å²) in [5, 5.41) is 13.9. The van der Waals surface area contributed by atoms with Crippen molar-refractivity contribution < 1.29 is 14.5 Å². The quantitative estimate of drug-likeness (QED) is 0.618. The number of rotatable bonds is 7. The van der Waals surface area contributed by atoms with Crippen LogP contribution < -0.4 is 15.0 Å². The van der Waals surface area contributed by atoms with Crippen molar-refractivity contribution in [1.29, 1.82) is 0 Å². The van der Waals surface area contributed by atoms with E-state index in [0.29, 0.717) is 18.0 Å². The predicted octanol–water partition coefficient (Wildman–Crippen LogP) is 2.46. The van der Waals surface area contributed by atoms with Crippen molar-refractivity contribution in [3.8, 4) is 5.75 Å². The number of nitrogens with zero attached hydrogens (tertiary/aromatic N) is 3. The van der Waals surface area contributed by atoms with Gasteiger partial charge in [-0.1, -0.05) is 12.1 Å². The van der Waals surface area contributed by atoms with E-state index in [9.17, 15) is 14.9 Å². The van der Waals surface area contributed by atoms with E-state index in [1.54, 1.807) is 36.1 Å². The SMILES string of the molecule is CCN(CC(=O)Nc1ccccc1OC)c1ncccc1[N+](=O)[O-]. The van der Waals surface area contributed by atoms with Crippen molar-refractivity contribution in [1.82, 2.24) is 4.98 Å². The molecule has 0 spiro atoms. The number of benzene rings is 1. The maximum atomic E-state index is 12.3. The molecule has 1 heterocycles. The highest BCUT2D eigenvalue weighted by Crippen LogP contribution is 2.25. The number of carbonyl (C=O) groups excluding carboxylic acids is 1. The number of methoxy groups -OCH3 is 1. The molecule has 0 saturated carbocycles. The Kier molecular flexibility index (Phi) is 5.67. The number of para-hydroxylation sites is 2. The first-order valence-electron chi connectivity index (χ1n) is 7.34. The fourth-order valence-corrected chi connectivity index (χ4v) is 2.22. The van der Waals surface area contributed by atoms with E-state index in [-0.39, 0.29) is 24.0 Å². The number of amides is 1. The Balaban J connectivity index is 2.16. The van der Waals surface area contributed by atoms with Crippen LogP contribution in [0.1, 0.15) is 6.92 Å². The first-order valence-corrected chi connectivity index (χ1v) is 7.34. The van der Waals surface area contributed by atoms with Crippen LogP contribution in [0.4, 0.5) is 17.2 Å². The lowest BCUT2D eigenvalue weighted by atomic mass is 10.3. The molecule has 0 fully saturated rings. The predicted molar refractivity (Wildman–Crippen MR) is 90.4 cm³/mol. The van der Waals surface area contributed by atoms with Crippen molar-refractivity contribution in [2.75, 3.05) is 30.4 Å². The smallest absolute Gasteiger partial charge is 0.311 e. The zero-order chi connectivity index (χ0) is 17.5. The minimum atomic E-state index is -0.511. The lowest BCUT2D eigenvalue weighted by Gasteiger charge is -2.21. The fraction of sp³-hybridized carbons (Fsp3) is 0.250. The molecule has 2 rings (SSSR count). The minimum Gasteiger partial charge on any atom is -0.495 e. The van der Waals surface area contributed by atoms with Crippen molar-refractivity contribution in [2.24, 2.45) is 0 Å². The number of nitrogens with one attached hydrogen (secondary N) is 1. The van der Waals surface area contributed by atoms with Crippen LogP contribution in [0.15, 0.2) is 42.6 Å². The third-order valence-electron chi connectivity index (χ3n) is 3.36. The zero-order valence-electron chi connectivity index (χ0n) is 13.4. The van der Waals surface area contributed by atoms with Gasteiger partial charge in [-0.2, -0.15) is 0 Å². The molecule has 1 aromatic carbocycles. The highest BCUT2D eigenvalue weighted by atomic mass is 16.6. The van der Waals surface area contributed by atoms with E-state index < -0.39 is 4.92 Å². The molecule has 2 aromatic rings. The molecule has 0 bridgehead atoms. The Morgan fingerprint density at radius 3 is 2.75 bits per heavy atom. The lowest BCUT2D eigenvalue weighted by molar-refractivity contribution is -0.384. The molecule has 0 aliphatic rings. The standard InChI is InChI=1S/C16H18N4O4/c1-3-19(16-13(20(22)23)8-6-10-17-16)11-15(21)18-12-7-4-5-9-14(12)24-2/h4-10H,3,11H2,1-2H3,(H,18,21). The minimum absolute atomic E-state index is 0.0631. The summed E-state index contributed by atoms with van der Waals surface area (Å²) < 4.78 is 5.18. The number of likely N-dealkylation sites (N-methyl/N-ethyl adjacent to an activating group) is 1. The maximum Gasteiger partial charge on any atom is 0.311 e. The highest BCUT2D eigenvalue weighted by molar-refractivity contribution is 5.95. The second-order valence-corrected chi connectivity index (χ2v) is 4.87. The first-order chi connectivity index (χ1) is 11.6. The number of pyridine rings is 1. The summed E-state index contributed by atoms with van der Waals surface area (Å²) in [5.74, 6) is 0.388. The number of anilines is 2. The Bertz CT molecular complexity index is 736. The monoisotopic (exact) mass is 330 g/mol. The number of carbonyl (C=O) groups is 1. The second kappa shape index (κ2) is 7.91. The van der Waals surface area contributed by atoms with Crippen LogP contribution in [0.3, 0.4) is 0 Å². The van der Waals surface area contributed by atoms with Gasteiger partial charge in [0.05, 0.1) is 24.3 Å². The van der Waals surface area contributed by atoms with Gasteiger partial charge < -0.3 is 15.0 Å². The summed E-state index contributed by atoms with van der Waals surface area (Å²) >= 11 is 0. The average molecular weight is 330 g/mol. The Labute approximate surface area is 139 Å². The topological polar surface area (TPSA) is 97.6 Å². The van der Waals surface area contributed by atoms with Crippen LogP contribution in [0.2, 0.25) is 0 Å². The first kappa shape index (κ1) is 17.2. The number of hydrogen-bond acceptors (Lipinski definition) is 6. The molecule has 1 amide bonds. The highest BCUT2D eigenvalue weighted by Gasteiger charge is 2.21. The largest absolute Gasteiger partial charge is 0.495 e. The molecule has 8 heteroatoms. The van der Waals surface area contributed by atoms with E-state index in [2.05, 4.69) is 10.3 Å². The number of nitro groups is 1. The second-order valence-electron chi connectivity index (χ2n) is 4.87. The van der Waals surface area contributed by atoms with Gasteiger partial charge in [-0.25, -0.2) is 4.98 Å². The van der Waals surface area contributed by atoms with Crippen LogP contribution in [0.25, 0.3) is 0 Å². The van der Waals surface area contributed by atoms with Gasteiger partial charge in [0.2, 0.25) is 11.7 Å². The van der Waals surface area contributed by atoms with Crippen LogP contribution in [-0.4, -0.2) is 36.0 Å². The van der Waals surface area contributed by atoms with Crippen LogP contribution in [-0.2, 0) is 4.79 Å². The van der Waals surface area contributed by atoms with Crippen LogP contribution in [0, 0.1) is 10.1 Å². The molecule has 1 N–H and O–H groups in total. The molecule has 0 saturated heterocycles. The molecule has 24 heavy (non-hydrogen) atoms. The molecule has 0 atom stereocenters. The molecule has 0 radical (unpaired) electrons. The van der Waals surface area contributed by atoms with Gasteiger partial charge in [-0.3, -0.25) is 14.9 Å². The van der Waals surface area contributed by atoms with Gasteiger partial charge in [0.1, 0.15) is 5.75 Å². The number of ether oxygens (including phenoxy) is 1. The van der Waals surface area contributed by atoms with E-state index >= 15 is 0 Å². The third-order valence-corrected chi connectivity index (χ3v) is 3.36. The summed E-state index contributed by atoms with van der Waals surface area (Å²) in [4.78, 5) is 28.5. The summed E-state index contributed by atoms with van der Waals surface area (Å²) in [6.45, 7) is 2.14. The number of hydrogen-bond donors (Lipinski definition) is 1. The van der Waals surface area contributed by atoms with Gasteiger partial charge >= 0.3 is 5.69 Å². The van der Waals surface area contributed by atoms with Crippen molar-refractivity contribution in [2.45, 2.75) is 6.92 Å². The third kappa shape index (κ3) is 3.97. The van der Waals surface area contributed by atoms with Crippen molar-refractivity contribution >= 4 is 23.1 Å². The summed E-state index contributed by atoms with van der Waals surface area (Å²) in [7, 11) is 1.51. The van der Waals surface area contributed by atoms with E-state index in [0.717, 1.165) is 0 Å². The molecule has 0 aliphatic carbocycles. The maximum absolute atomic E-state index is 12.3. The van der Waals surface area contributed by atoms with E-state index in [4.69, 9.17) is 4.74 Å². The van der Waals surface area contributed by atoms with Gasteiger partial charge in [0.25, 0.3) is 0 Å². The van der Waals surface area contributed by atoms with Gasteiger partial charge in [0.15, 0.2) is 0 Å². The fourth-order valence-electron chi connectivity index (χ4n) is 2.22. The van der Waals surface area contributed by atoms with E-state index in [1.807, 2.05) is 0 Å². The normalized spacial score (nSPS) is 10.1. The Hall–Kier alpha value is -3.16. The van der Waals surface area contributed by atoms with Crippen LogP contribution >= 0.6 is 0 Å². The molecular weight excluding hydrogens is 312 g/mol. The Morgan fingerprint density at radius 1 is 1.33 bits per heavy atom. The molecule has 1 aromatic heterocycles. The van der Waals surface area contributed by atoms with Crippen molar-refractivity contribution in [3.05, 3.63) is 52.7 Å². The van der Waals surface area contributed by atoms with Gasteiger partial charge in [-0.05, 0) is 25.1 Å². The molecule has 126 valence electrons. The summed E-state index contributed by atoms with van der Waals surface area (Å²) in [6.07, 6.45) is 1.46. The zero-order valence-corrected chi connectivity index (χ0v) is 13.4. The van der Waals surface area contributed by atoms with Crippen molar-refractivity contribution in [3.63, 3.8) is 0 Å². The average Bonchev–Trinajstić information content (AvgIpc) is 2.60. The van der Waals surface area contributed by atoms with Crippen LogP contribution in [0.5, 0.6) is 5.75 Å².